The van der Waals surface area contributed by atoms with E-state index in [1.54, 1.807) is 0 Å². The third-order valence-electron chi connectivity index (χ3n) is 3.71. The van der Waals surface area contributed by atoms with Gasteiger partial charge in [0.05, 0.1) is 11.8 Å². The average Bonchev–Trinajstić information content (AvgIpc) is 2.76. The topological polar surface area (TPSA) is 38.0 Å². The molecule has 21 heavy (non-hydrogen) atoms. The van der Waals surface area contributed by atoms with E-state index in [1.807, 2.05) is 42.9 Å². The number of rotatable bonds is 3. The summed E-state index contributed by atoms with van der Waals surface area (Å²) < 4.78 is 2.89. The van der Waals surface area contributed by atoms with Crippen LogP contribution >= 0.6 is 15.9 Å². The molecule has 0 radical (unpaired) electrons. The predicted octanol–water partition coefficient (Wildman–Crippen LogP) is 3.92. The lowest BCUT2D eigenvalue weighted by Gasteiger charge is -2.12. The molecular formula is C17H17BrN2O. The highest BCUT2D eigenvalue weighted by Gasteiger charge is 2.12. The molecule has 0 aliphatic rings. The molecule has 3 aromatic rings. The normalized spacial score (nSPS) is 12.8. The zero-order valence-corrected chi connectivity index (χ0v) is 13.6. The lowest BCUT2D eigenvalue weighted by molar-refractivity contribution is 0.176. The highest BCUT2D eigenvalue weighted by molar-refractivity contribution is 9.10. The van der Waals surface area contributed by atoms with Gasteiger partial charge in [-0.3, -0.25) is 4.68 Å². The van der Waals surface area contributed by atoms with Crippen LogP contribution in [0.5, 0.6) is 0 Å². The van der Waals surface area contributed by atoms with Crippen LogP contribution in [-0.2, 0) is 13.5 Å². The van der Waals surface area contributed by atoms with E-state index in [2.05, 4.69) is 39.2 Å². The fraction of sp³-hybridized carbons (Fsp3) is 0.235. The minimum absolute atomic E-state index is 0.521. The third-order valence-corrected chi connectivity index (χ3v) is 4.21. The van der Waals surface area contributed by atoms with Crippen LogP contribution in [0.2, 0.25) is 0 Å². The molecule has 3 rings (SSSR count). The van der Waals surface area contributed by atoms with E-state index >= 15 is 0 Å². The van der Waals surface area contributed by atoms with Crippen LogP contribution in [0, 0.1) is 6.92 Å². The summed E-state index contributed by atoms with van der Waals surface area (Å²) in [7, 11) is 1.91. The Hall–Kier alpha value is -1.65. The minimum atomic E-state index is -0.521. The second-order valence-electron chi connectivity index (χ2n) is 5.37. The van der Waals surface area contributed by atoms with Gasteiger partial charge in [0.1, 0.15) is 0 Å². The van der Waals surface area contributed by atoms with Crippen molar-refractivity contribution in [3.05, 3.63) is 63.9 Å². The summed E-state index contributed by atoms with van der Waals surface area (Å²) in [4.78, 5) is 0. The minimum Gasteiger partial charge on any atom is -0.388 e. The maximum Gasteiger partial charge on any atom is 0.0845 e. The predicted molar refractivity (Wildman–Crippen MR) is 88.3 cm³/mol. The van der Waals surface area contributed by atoms with E-state index in [0.717, 1.165) is 32.2 Å². The molecule has 0 saturated carbocycles. The van der Waals surface area contributed by atoms with E-state index in [0.29, 0.717) is 6.42 Å². The maximum atomic E-state index is 10.5. The van der Waals surface area contributed by atoms with E-state index < -0.39 is 6.10 Å². The van der Waals surface area contributed by atoms with Gasteiger partial charge in [-0.05, 0) is 47.5 Å². The van der Waals surface area contributed by atoms with Crippen molar-refractivity contribution in [3.63, 3.8) is 0 Å². The van der Waals surface area contributed by atoms with Gasteiger partial charge in [0, 0.05) is 23.6 Å². The number of halogens is 1. The highest BCUT2D eigenvalue weighted by atomic mass is 79.9. The summed E-state index contributed by atoms with van der Waals surface area (Å²) in [6.45, 7) is 1.96. The van der Waals surface area contributed by atoms with Crippen molar-refractivity contribution in [3.8, 4) is 0 Å². The molecule has 1 unspecified atom stereocenters. The molecule has 108 valence electrons. The first-order chi connectivity index (χ1) is 10.0. The molecule has 0 aliphatic carbocycles. The van der Waals surface area contributed by atoms with Gasteiger partial charge in [-0.25, -0.2) is 0 Å². The quantitative estimate of drug-likeness (QED) is 0.781. The fourth-order valence-electron chi connectivity index (χ4n) is 2.61. The third kappa shape index (κ3) is 3.01. The van der Waals surface area contributed by atoms with Gasteiger partial charge >= 0.3 is 0 Å². The van der Waals surface area contributed by atoms with Crippen LogP contribution in [0.15, 0.2) is 46.9 Å². The van der Waals surface area contributed by atoms with Crippen LogP contribution in [-0.4, -0.2) is 14.9 Å². The summed E-state index contributed by atoms with van der Waals surface area (Å²) in [6.07, 6.45) is 0.0483. The Morgan fingerprint density at radius 3 is 2.57 bits per heavy atom. The van der Waals surface area contributed by atoms with Gasteiger partial charge in [-0.2, -0.15) is 5.10 Å². The molecule has 4 heteroatoms. The van der Waals surface area contributed by atoms with Crippen molar-refractivity contribution in [1.82, 2.24) is 9.78 Å². The van der Waals surface area contributed by atoms with E-state index in [-0.39, 0.29) is 0 Å². The first-order valence-corrected chi connectivity index (χ1v) is 7.69. The number of aliphatic hydroxyl groups is 1. The van der Waals surface area contributed by atoms with Crippen molar-refractivity contribution in [2.24, 2.45) is 7.05 Å². The lowest BCUT2D eigenvalue weighted by atomic mass is 10.0. The SMILES string of the molecule is Cc1cc(CC(O)c2ccc3cc(Br)ccc3c2)n(C)n1. The number of aryl methyl sites for hydroxylation is 2. The molecule has 0 saturated heterocycles. The van der Waals surface area contributed by atoms with Gasteiger partial charge in [-0.15, -0.1) is 0 Å². The molecule has 1 heterocycles. The summed E-state index contributed by atoms with van der Waals surface area (Å²) >= 11 is 3.48. The Balaban J connectivity index is 1.89. The number of hydrogen-bond donors (Lipinski definition) is 1. The van der Waals surface area contributed by atoms with Crippen molar-refractivity contribution in [1.29, 1.82) is 0 Å². The monoisotopic (exact) mass is 344 g/mol. The number of nitrogens with zero attached hydrogens (tertiary/aromatic N) is 2. The number of benzene rings is 2. The largest absolute Gasteiger partial charge is 0.388 e. The summed E-state index contributed by atoms with van der Waals surface area (Å²) in [6, 6.07) is 14.3. The smallest absolute Gasteiger partial charge is 0.0845 e. The standard InChI is InChI=1S/C17H17BrN2O/c1-11-7-16(20(2)19-11)10-17(21)14-4-3-13-9-15(18)6-5-12(13)8-14/h3-9,17,21H,10H2,1-2H3. The molecule has 0 spiro atoms. The molecule has 1 N–H and O–H groups in total. The van der Waals surface area contributed by atoms with Crippen LogP contribution < -0.4 is 0 Å². The average molecular weight is 345 g/mol. The van der Waals surface area contributed by atoms with E-state index in [1.165, 1.54) is 0 Å². The molecule has 2 aromatic carbocycles. The molecular weight excluding hydrogens is 328 g/mol. The Labute approximate surface area is 132 Å². The Morgan fingerprint density at radius 1 is 1.14 bits per heavy atom. The van der Waals surface area contributed by atoms with E-state index in [9.17, 15) is 5.11 Å². The van der Waals surface area contributed by atoms with Crippen molar-refractivity contribution in [2.45, 2.75) is 19.4 Å². The lowest BCUT2D eigenvalue weighted by Crippen LogP contribution is -2.06. The van der Waals surface area contributed by atoms with Gasteiger partial charge < -0.3 is 5.11 Å². The molecule has 1 aromatic heterocycles. The number of aromatic nitrogens is 2. The second kappa shape index (κ2) is 5.62. The van der Waals surface area contributed by atoms with E-state index in [4.69, 9.17) is 0 Å². The molecule has 0 fully saturated rings. The summed E-state index contributed by atoms with van der Waals surface area (Å²) in [5.74, 6) is 0. The number of fused-ring (bicyclic) bond motifs is 1. The molecule has 3 nitrogen and oxygen atoms in total. The Bertz CT molecular complexity index is 795. The van der Waals surface area contributed by atoms with Gasteiger partial charge in [0.2, 0.25) is 0 Å². The highest BCUT2D eigenvalue weighted by Crippen LogP contribution is 2.25. The fourth-order valence-corrected chi connectivity index (χ4v) is 2.99. The molecule has 0 bridgehead atoms. The van der Waals surface area contributed by atoms with Crippen molar-refractivity contribution >= 4 is 26.7 Å². The maximum absolute atomic E-state index is 10.5. The summed E-state index contributed by atoms with van der Waals surface area (Å²) in [5.41, 5.74) is 2.95. The first-order valence-electron chi connectivity index (χ1n) is 6.90. The Kier molecular flexibility index (Phi) is 3.83. The Morgan fingerprint density at radius 2 is 1.86 bits per heavy atom. The number of aliphatic hydroxyl groups excluding tert-OH is 1. The van der Waals surface area contributed by atoms with Crippen LogP contribution in [0.4, 0.5) is 0 Å². The first kappa shape index (κ1) is 14.3. The van der Waals surface area contributed by atoms with Crippen LogP contribution in [0.3, 0.4) is 0 Å². The van der Waals surface area contributed by atoms with Gasteiger partial charge in [0.15, 0.2) is 0 Å². The van der Waals surface area contributed by atoms with Crippen molar-refractivity contribution in [2.75, 3.05) is 0 Å². The van der Waals surface area contributed by atoms with Gasteiger partial charge in [0.25, 0.3) is 0 Å². The second-order valence-corrected chi connectivity index (χ2v) is 6.29. The molecule has 1 atom stereocenters. The molecule has 0 aliphatic heterocycles. The van der Waals surface area contributed by atoms with Crippen molar-refractivity contribution < 1.29 is 5.11 Å². The zero-order valence-electron chi connectivity index (χ0n) is 12.0. The summed E-state index contributed by atoms with van der Waals surface area (Å²) in [5, 5.41) is 17.1. The van der Waals surface area contributed by atoms with Crippen LogP contribution in [0.25, 0.3) is 10.8 Å². The zero-order chi connectivity index (χ0) is 15.0. The number of hydrogen-bond acceptors (Lipinski definition) is 2. The van der Waals surface area contributed by atoms with Gasteiger partial charge in [-0.1, -0.05) is 34.1 Å². The van der Waals surface area contributed by atoms with Crippen LogP contribution in [0.1, 0.15) is 23.1 Å². The molecule has 0 amide bonds.